The van der Waals surface area contributed by atoms with E-state index >= 15 is 0 Å². The standard InChI is InChI=1S/C29H26N2O3.CO2/c1-18-10-12-20(13-11-18)26-25(27(32)21-7-5-6-19(2)16-21)28(33)29(34)31(26)15-14-22-17-30-24-9-4-3-8-23(22)24;2-1-3/h3-13,16-17,26,30,32H,14-15H2,1-2H3;. The molecule has 1 aliphatic heterocycles. The molecule has 4 aromatic rings. The molecule has 186 valence electrons. The first-order valence-electron chi connectivity index (χ1n) is 11.8. The zero-order valence-corrected chi connectivity index (χ0v) is 20.5. The summed E-state index contributed by atoms with van der Waals surface area (Å²) >= 11 is 0. The van der Waals surface area contributed by atoms with E-state index in [4.69, 9.17) is 9.59 Å². The number of likely N-dealkylation sites (tertiary alicyclic amines) is 1. The van der Waals surface area contributed by atoms with E-state index < -0.39 is 17.7 Å². The number of amides is 1. The molecule has 3 aromatic carbocycles. The van der Waals surface area contributed by atoms with Crippen LogP contribution in [0.5, 0.6) is 0 Å². The molecule has 0 aliphatic carbocycles. The van der Waals surface area contributed by atoms with Gasteiger partial charge in [0.2, 0.25) is 0 Å². The summed E-state index contributed by atoms with van der Waals surface area (Å²) in [4.78, 5) is 47.6. The average molecular weight is 495 g/mol. The van der Waals surface area contributed by atoms with Gasteiger partial charge in [-0.25, -0.2) is 0 Å². The number of nitrogens with one attached hydrogen (secondary N) is 1. The van der Waals surface area contributed by atoms with Crippen molar-refractivity contribution >= 4 is 34.5 Å². The van der Waals surface area contributed by atoms with Crippen molar-refractivity contribution in [2.45, 2.75) is 26.3 Å². The van der Waals surface area contributed by atoms with Gasteiger partial charge in [-0.1, -0.05) is 71.8 Å². The highest BCUT2D eigenvalue weighted by atomic mass is 16.3. The Hall–Kier alpha value is -4.74. The first-order valence-corrected chi connectivity index (χ1v) is 11.8. The molecule has 5 rings (SSSR count). The van der Waals surface area contributed by atoms with Crippen molar-refractivity contribution < 1.29 is 24.3 Å². The third-order valence-corrected chi connectivity index (χ3v) is 6.52. The Morgan fingerprint density at radius 2 is 1.65 bits per heavy atom. The van der Waals surface area contributed by atoms with Crippen molar-refractivity contribution in [1.29, 1.82) is 0 Å². The van der Waals surface area contributed by atoms with Gasteiger partial charge in [0.25, 0.3) is 11.7 Å². The van der Waals surface area contributed by atoms with Gasteiger partial charge in [0.05, 0.1) is 11.6 Å². The molecule has 1 saturated heterocycles. The lowest BCUT2D eigenvalue weighted by Crippen LogP contribution is -2.31. The Labute approximate surface area is 214 Å². The third kappa shape index (κ3) is 5.13. The lowest BCUT2D eigenvalue weighted by Gasteiger charge is -2.25. The van der Waals surface area contributed by atoms with Gasteiger partial charge in [0.1, 0.15) is 5.76 Å². The fraction of sp³-hybridized carbons (Fsp3) is 0.167. The minimum atomic E-state index is -0.650. The van der Waals surface area contributed by atoms with Gasteiger partial charge in [0.15, 0.2) is 0 Å². The molecule has 0 saturated carbocycles. The van der Waals surface area contributed by atoms with Crippen LogP contribution in [-0.4, -0.2) is 39.4 Å². The summed E-state index contributed by atoms with van der Waals surface area (Å²) in [6.45, 7) is 4.27. The molecule has 1 aliphatic rings. The molecule has 1 aromatic heterocycles. The van der Waals surface area contributed by atoms with Gasteiger partial charge in [-0.05, 0) is 43.5 Å². The predicted octanol–water partition coefficient (Wildman–Crippen LogP) is 4.87. The minimum Gasteiger partial charge on any atom is -0.507 e. The Bertz CT molecular complexity index is 1530. The van der Waals surface area contributed by atoms with E-state index in [1.165, 1.54) is 0 Å². The monoisotopic (exact) mass is 494 g/mol. The zero-order valence-electron chi connectivity index (χ0n) is 20.5. The van der Waals surface area contributed by atoms with E-state index in [0.29, 0.717) is 18.5 Å². The normalized spacial score (nSPS) is 16.4. The number of aryl methyl sites for hydroxylation is 2. The molecule has 37 heavy (non-hydrogen) atoms. The van der Waals surface area contributed by atoms with E-state index in [0.717, 1.165) is 33.2 Å². The number of carbonyl (C=O) groups is 2. The van der Waals surface area contributed by atoms with Crippen LogP contribution in [0.4, 0.5) is 0 Å². The fourth-order valence-corrected chi connectivity index (χ4v) is 4.73. The Balaban J connectivity index is 0.00000102. The maximum absolute atomic E-state index is 13.2. The Kier molecular flexibility index (Phi) is 7.47. The summed E-state index contributed by atoms with van der Waals surface area (Å²) in [6, 6.07) is 22.5. The molecule has 2 heterocycles. The average Bonchev–Trinajstić information content (AvgIpc) is 3.42. The minimum absolute atomic E-state index is 0.137. The quantitative estimate of drug-likeness (QED) is 0.234. The fourth-order valence-electron chi connectivity index (χ4n) is 4.73. The highest BCUT2D eigenvalue weighted by molar-refractivity contribution is 6.46. The molecule has 0 radical (unpaired) electrons. The lowest BCUT2D eigenvalue weighted by atomic mass is 9.94. The number of H-pyrrole nitrogens is 1. The Morgan fingerprint density at radius 1 is 0.946 bits per heavy atom. The van der Waals surface area contributed by atoms with Crippen LogP contribution in [0.25, 0.3) is 16.7 Å². The smallest absolute Gasteiger partial charge is 0.373 e. The van der Waals surface area contributed by atoms with Gasteiger partial charge in [-0.2, -0.15) is 9.59 Å². The topological polar surface area (TPSA) is 108 Å². The van der Waals surface area contributed by atoms with Crippen molar-refractivity contribution in [2.75, 3.05) is 6.54 Å². The number of aliphatic hydroxyl groups is 1. The molecule has 1 unspecified atom stereocenters. The van der Waals surface area contributed by atoms with Gasteiger partial charge in [-0.15, -0.1) is 0 Å². The number of rotatable bonds is 5. The molecular formula is C30H26N2O5. The predicted molar refractivity (Wildman–Crippen MR) is 138 cm³/mol. The number of hydrogen-bond acceptors (Lipinski definition) is 5. The van der Waals surface area contributed by atoms with Crippen molar-refractivity contribution in [3.05, 3.63) is 112 Å². The van der Waals surface area contributed by atoms with Crippen molar-refractivity contribution in [3.8, 4) is 0 Å². The second kappa shape index (κ2) is 10.9. The van der Waals surface area contributed by atoms with Crippen LogP contribution in [0.15, 0.2) is 84.6 Å². The second-order valence-electron chi connectivity index (χ2n) is 8.97. The summed E-state index contributed by atoms with van der Waals surface area (Å²) in [5, 5.41) is 12.3. The molecule has 1 atom stereocenters. The summed E-state index contributed by atoms with van der Waals surface area (Å²) in [5.74, 6) is -1.37. The molecule has 7 nitrogen and oxygen atoms in total. The number of hydrogen-bond donors (Lipinski definition) is 2. The van der Waals surface area contributed by atoms with Crippen LogP contribution in [0.3, 0.4) is 0 Å². The number of aliphatic hydroxyl groups excluding tert-OH is 1. The number of benzene rings is 3. The van der Waals surface area contributed by atoms with E-state index in [1.54, 1.807) is 11.0 Å². The second-order valence-corrected chi connectivity index (χ2v) is 8.97. The van der Waals surface area contributed by atoms with E-state index in [2.05, 4.69) is 4.98 Å². The largest absolute Gasteiger partial charge is 0.507 e. The number of Topliss-reactive ketones (excluding diaryl/α,β-unsaturated/α-hetero) is 1. The molecule has 1 amide bonds. The SMILES string of the molecule is Cc1ccc(C2C(=C(O)c3cccc(C)c3)C(=O)C(=O)N2CCc2c[nH]c3ccccc23)cc1.O=C=O. The highest BCUT2D eigenvalue weighted by Crippen LogP contribution is 2.39. The maximum atomic E-state index is 13.2. The van der Waals surface area contributed by atoms with Gasteiger partial charge in [-0.3, -0.25) is 9.59 Å². The number of aromatic nitrogens is 1. The van der Waals surface area contributed by atoms with Gasteiger partial charge in [0, 0.05) is 29.2 Å². The lowest BCUT2D eigenvalue weighted by molar-refractivity contribution is -0.191. The van der Waals surface area contributed by atoms with Crippen molar-refractivity contribution in [3.63, 3.8) is 0 Å². The third-order valence-electron chi connectivity index (χ3n) is 6.52. The van der Waals surface area contributed by atoms with E-state index in [9.17, 15) is 14.7 Å². The summed E-state index contributed by atoms with van der Waals surface area (Å²) < 4.78 is 0. The van der Waals surface area contributed by atoms with Crippen LogP contribution >= 0.6 is 0 Å². The summed E-state index contributed by atoms with van der Waals surface area (Å²) in [5.41, 5.74) is 5.64. The van der Waals surface area contributed by atoms with E-state index in [-0.39, 0.29) is 17.5 Å². The molecular weight excluding hydrogens is 468 g/mol. The first-order chi connectivity index (χ1) is 17.8. The van der Waals surface area contributed by atoms with Gasteiger partial charge < -0.3 is 15.0 Å². The number of nitrogens with zero attached hydrogens (tertiary/aromatic N) is 1. The van der Waals surface area contributed by atoms with Crippen molar-refractivity contribution in [1.82, 2.24) is 9.88 Å². The molecule has 2 N–H and O–H groups in total. The van der Waals surface area contributed by atoms with Gasteiger partial charge >= 0.3 is 6.15 Å². The molecule has 0 bridgehead atoms. The number of carbonyl (C=O) groups excluding carboxylic acids is 4. The van der Waals surface area contributed by atoms with Crippen LogP contribution in [0.1, 0.15) is 33.9 Å². The molecule has 0 spiro atoms. The van der Waals surface area contributed by atoms with Crippen LogP contribution in [0, 0.1) is 13.8 Å². The van der Waals surface area contributed by atoms with Crippen LogP contribution in [-0.2, 0) is 25.6 Å². The number of aromatic amines is 1. The van der Waals surface area contributed by atoms with Crippen LogP contribution < -0.4 is 0 Å². The molecule has 7 heteroatoms. The number of ketones is 1. The number of fused-ring (bicyclic) bond motifs is 1. The summed E-state index contributed by atoms with van der Waals surface area (Å²) in [6.07, 6.45) is 2.79. The maximum Gasteiger partial charge on any atom is 0.373 e. The van der Waals surface area contributed by atoms with Crippen LogP contribution in [0.2, 0.25) is 0 Å². The first kappa shape index (κ1) is 25.4. The van der Waals surface area contributed by atoms with E-state index in [1.807, 2.05) is 86.8 Å². The highest BCUT2D eigenvalue weighted by Gasteiger charge is 2.45. The Morgan fingerprint density at radius 3 is 2.35 bits per heavy atom. The van der Waals surface area contributed by atoms with Crippen molar-refractivity contribution in [2.24, 2.45) is 0 Å². The zero-order chi connectivity index (χ0) is 26.5. The number of para-hydroxylation sites is 1. The molecule has 1 fully saturated rings. The summed E-state index contributed by atoms with van der Waals surface area (Å²) in [7, 11) is 0.